The summed E-state index contributed by atoms with van der Waals surface area (Å²) in [7, 11) is 0. The van der Waals surface area contributed by atoms with Crippen LogP contribution in [0.5, 0.6) is 0 Å². The molecule has 28 heavy (non-hydrogen) atoms. The van der Waals surface area contributed by atoms with Crippen LogP contribution in [0.3, 0.4) is 0 Å². The number of nitrogens with one attached hydrogen (secondary N) is 2. The Hall–Kier alpha value is -2.87. The molecule has 0 radical (unpaired) electrons. The van der Waals surface area contributed by atoms with Gasteiger partial charge in [0.1, 0.15) is 11.5 Å². The summed E-state index contributed by atoms with van der Waals surface area (Å²) in [6, 6.07) is 20.5. The number of furan rings is 1. The molecule has 0 aliphatic carbocycles. The van der Waals surface area contributed by atoms with E-state index in [1.807, 2.05) is 42.5 Å². The number of carbonyl (C=O) groups is 2. The molecule has 0 saturated carbocycles. The molecule has 2 aromatic carbocycles. The van der Waals surface area contributed by atoms with Gasteiger partial charge < -0.3 is 15.1 Å². The molecule has 1 heterocycles. The Kier molecular flexibility index (Phi) is 7.02. The van der Waals surface area contributed by atoms with E-state index in [9.17, 15) is 9.59 Å². The predicted octanol–water partition coefficient (Wildman–Crippen LogP) is 4.01. The highest BCUT2D eigenvalue weighted by Crippen LogP contribution is 2.13. The van der Waals surface area contributed by atoms with Crippen molar-refractivity contribution >= 4 is 40.5 Å². The lowest BCUT2D eigenvalue weighted by Crippen LogP contribution is -2.36. The van der Waals surface area contributed by atoms with E-state index in [0.29, 0.717) is 24.3 Å². The smallest absolute Gasteiger partial charge is 0.267 e. The second-order valence-electron chi connectivity index (χ2n) is 6.00. The van der Waals surface area contributed by atoms with Crippen molar-refractivity contribution in [2.45, 2.75) is 6.42 Å². The van der Waals surface area contributed by atoms with E-state index in [2.05, 4.69) is 33.2 Å². The second-order valence-corrected chi connectivity index (χ2v) is 7.16. The van der Waals surface area contributed by atoms with Gasteiger partial charge in [-0.25, -0.2) is 0 Å². The summed E-state index contributed by atoms with van der Waals surface area (Å²) in [5.41, 5.74) is 1.76. The van der Waals surface area contributed by atoms with Gasteiger partial charge in [-0.15, -0.1) is 0 Å². The van der Waals surface area contributed by atoms with Crippen molar-refractivity contribution in [3.05, 3.63) is 99.1 Å². The molecule has 0 unspecified atom stereocenters. The Balaban J connectivity index is 1.71. The average molecular weight is 486 g/mol. The number of amides is 2. The van der Waals surface area contributed by atoms with Crippen LogP contribution in [0, 0.1) is 3.57 Å². The highest BCUT2D eigenvalue weighted by molar-refractivity contribution is 14.1. The highest BCUT2D eigenvalue weighted by Gasteiger charge is 2.16. The fraction of sp³-hybridized carbons (Fsp3) is 0.0909. The summed E-state index contributed by atoms with van der Waals surface area (Å²) < 4.78 is 6.09. The minimum atomic E-state index is -0.369. The standard InChI is InChI=1S/C22H19IN2O3/c23-19-11-5-4-10-18(19)21(26)25-20(15-17-9-6-14-28-17)22(27)24-13-12-16-7-2-1-3-8-16/h1-11,14-15H,12-13H2,(H,24,27)(H,25,26). The topological polar surface area (TPSA) is 71.3 Å². The summed E-state index contributed by atoms with van der Waals surface area (Å²) in [5.74, 6) is -0.232. The minimum absolute atomic E-state index is 0.132. The van der Waals surface area contributed by atoms with Crippen LogP contribution in [0.1, 0.15) is 21.7 Å². The molecule has 0 saturated heterocycles. The normalized spacial score (nSPS) is 11.1. The van der Waals surface area contributed by atoms with E-state index < -0.39 is 0 Å². The van der Waals surface area contributed by atoms with Gasteiger partial charge in [0.15, 0.2) is 0 Å². The first-order valence-electron chi connectivity index (χ1n) is 8.76. The van der Waals surface area contributed by atoms with Crippen LogP contribution in [0.15, 0.2) is 83.1 Å². The first kappa shape index (κ1) is 19.9. The molecule has 0 bridgehead atoms. The number of hydrogen-bond acceptors (Lipinski definition) is 3. The van der Waals surface area contributed by atoms with Gasteiger partial charge in [0.2, 0.25) is 0 Å². The second kappa shape index (κ2) is 9.89. The summed E-state index contributed by atoms with van der Waals surface area (Å²) in [5, 5.41) is 5.56. The molecule has 0 fully saturated rings. The lowest BCUT2D eigenvalue weighted by Gasteiger charge is -2.11. The maximum Gasteiger partial charge on any atom is 0.267 e. The molecule has 3 rings (SSSR count). The molecule has 2 N–H and O–H groups in total. The van der Waals surface area contributed by atoms with Crippen LogP contribution in [-0.2, 0) is 11.2 Å². The van der Waals surface area contributed by atoms with Gasteiger partial charge in [-0.1, -0.05) is 42.5 Å². The summed E-state index contributed by atoms with van der Waals surface area (Å²) in [6.45, 7) is 0.455. The first-order chi connectivity index (χ1) is 13.6. The van der Waals surface area contributed by atoms with Crippen LogP contribution in [0.2, 0.25) is 0 Å². The van der Waals surface area contributed by atoms with Crippen molar-refractivity contribution in [3.63, 3.8) is 0 Å². The molecule has 3 aromatic rings. The quantitative estimate of drug-likeness (QED) is 0.392. The number of hydrogen-bond donors (Lipinski definition) is 2. The zero-order chi connectivity index (χ0) is 19.8. The third kappa shape index (κ3) is 5.56. The molecule has 6 heteroatoms. The summed E-state index contributed by atoms with van der Waals surface area (Å²) in [6.07, 6.45) is 3.73. The average Bonchev–Trinajstić information content (AvgIpc) is 3.21. The number of rotatable bonds is 7. The van der Waals surface area contributed by atoms with Gasteiger partial charge >= 0.3 is 0 Å². The SMILES string of the molecule is O=C(NCCc1ccccc1)C(=Cc1ccco1)NC(=O)c1ccccc1I. The Labute approximate surface area is 177 Å². The van der Waals surface area contributed by atoms with Crippen LogP contribution >= 0.6 is 22.6 Å². The van der Waals surface area contributed by atoms with E-state index in [4.69, 9.17) is 4.42 Å². The van der Waals surface area contributed by atoms with Crippen LogP contribution in [0.25, 0.3) is 6.08 Å². The highest BCUT2D eigenvalue weighted by atomic mass is 127. The fourth-order valence-corrected chi connectivity index (χ4v) is 3.20. The van der Waals surface area contributed by atoms with Gasteiger partial charge in [0, 0.05) is 16.2 Å². The Morgan fingerprint density at radius 2 is 1.71 bits per heavy atom. The zero-order valence-electron chi connectivity index (χ0n) is 15.0. The van der Waals surface area contributed by atoms with Gasteiger partial charge in [0.25, 0.3) is 11.8 Å². The van der Waals surface area contributed by atoms with Crippen molar-refractivity contribution in [2.75, 3.05) is 6.54 Å². The van der Waals surface area contributed by atoms with E-state index in [0.717, 1.165) is 9.13 Å². The third-order valence-electron chi connectivity index (χ3n) is 3.98. The molecule has 142 valence electrons. The molecule has 0 atom stereocenters. The molecular weight excluding hydrogens is 467 g/mol. The molecular formula is C22H19IN2O3. The summed E-state index contributed by atoms with van der Waals surface area (Å²) in [4.78, 5) is 25.3. The number of halogens is 1. The van der Waals surface area contributed by atoms with Gasteiger partial charge in [0.05, 0.1) is 11.8 Å². The van der Waals surface area contributed by atoms with E-state index in [1.165, 1.54) is 12.3 Å². The van der Waals surface area contributed by atoms with Crippen LogP contribution in [0.4, 0.5) is 0 Å². The van der Waals surface area contributed by atoms with Crippen LogP contribution in [-0.4, -0.2) is 18.4 Å². The molecule has 2 amide bonds. The molecule has 0 spiro atoms. The van der Waals surface area contributed by atoms with Crippen molar-refractivity contribution in [1.29, 1.82) is 0 Å². The maximum atomic E-state index is 12.7. The van der Waals surface area contributed by atoms with Gasteiger partial charge in [-0.3, -0.25) is 9.59 Å². The Bertz CT molecular complexity index is 966. The van der Waals surface area contributed by atoms with Crippen molar-refractivity contribution in [2.24, 2.45) is 0 Å². The van der Waals surface area contributed by atoms with Crippen molar-refractivity contribution < 1.29 is 14.0 Å². The Morgan fingerprint density at radius 1 is 0.964 bits per heavy atom. The summed E-state index contributed by atoms with van der Waals surface area (Å²) >= 11 is 2.09. The third-order valence-corrected chi connectivity index (χ3v) is 4.92. The van der Waals surface area contributed by atoms with E-state index in [1.54, 1.807) is 24.3 Å². The first-order valence-corrected chi connectivity index (χ1v) is 9.84. The predicted molar refractivity (Wildman–Crippen MR) is 116 cm³/mol. The molecule has 0 aliphatic heterocycles. The van der Waals surface area contributed by atoms with Crippen molar-refractivity contribution in [3.8, 4) is 0 Å². The van der Waals surface area contributed by atoms with E-state index >= 15 is 0 Å². The van der Waals surface area contributed by atoms with Gasteiger partial charge in [-0.05, 0) is 58.8 Å². The molecule has 0 aliphatic rings. The van der Waals surface area contributed by atoms with Crippen molar-refractivity contribution in [1.82, 2.24) is 10.6 Å². The van der Waals surface area contributed by atoms with Gasteiger partial charge in [-0.2, -0.15) is 0 Å². The Morgan fingerprint density at radius 3 is 2.43 bits per heavy atom. The number of carbonyl (C=O) groups excluding carboxylic acids is 2. The minimum Gasteiger partial charge on any atom is -0.465 e. The van der Waals surface area contributed by atoms with Crippen LogP contribution < -0.4 is 10.6 Å². The monoisotopic (exact) mass is 486 g/mol. The zero-order valence-corrected chi connectivity index (χ0v) is 17.2. The largest absolute Gasteiger partial charge is 0.465 e. The maximum absolute atomic E-state index is 12.7. The lowest BCUT2D eigenvalue weighted by molar-refractivity contribution is -0.117. The molecule has 5 nitrogen and oxygen atoms in total. The fourth-order valence-electron chi connectivity index (χ4n) is 2.57. The van der Waals surface area contributed by atoms with E-state index in [-0.39, 0.29) is 17.5 Å². The molecule has 1 aromatic heterocycles. The number of benzene rings is 2. The lowest BCUT2D eigenvalue weighted by atomic mass is 10.1.